The Morgan fingerprint density at radius 1 is 1.17 bits per heavy atom. The number of hydrogen-bond acceptors (Lipinski definition) is 3. The molecule has 2 heterocycles. The van der Waals surface area contributed by atoms with Crippen molar-refractivity contribution in [2.75, 3.05) is 0 Å². The molecule has 0 aliphatic rings. The van der Waals surface area contributed by atoms with Gasteiger partial charge in [0.15, 0.2) is 0 Å². The van der Waals surface area contributed by atoms with E-state index in [4.69, 9.17) is 10.2 Å². The van der Waals surface area contributed by atoms with E-state index >= 15 is 0 Å². The molecule has 0 aliphatic carbocycles. The number of hydrogen-bond donors (Lipinski definition) is 1. The van der Waals surface area contributed by atoms with E-state index < -0.39 is 6.04 Å². The predicted octanol–water partition coefficient (Wildman–Crippen LogP) is 3.02. The molecule has 1 atom stereocenters. The van der Waals surface area contributed by atoms with E-state index in [9.17, 15) is 4.39 Å². The lowest BCUT2D eigenvalue weighted by atomic mass is 10.1. The summed E-state index contributed by atoms with van der Waals surface area (Å²) >= 11 is 0. The fourth-order valence-electron chi connectivity index (χ4n) is 1.87. The molecule has 1 unspecified atom stereocenters. The molecule has 18 heavy (non-hydrogen) atoms. The van der Waals surface area contributed by atoms with Gasteiger partial charge in [0.05, 0.1) is 11.9 Å². The smallest absolute Gasteiger partial charge is 0.141 e. The SMILES string of the molecule is NC(c1ccc(F)cn1)c1cc2ccccc2o1. The molecule has 0 bridgehead atoms. The summed E-state index contributed by atoms with van der Waals surface area (Å²) in [6.45, 7) is 0. The summed E-state index contributed by atoms with van der Waals surface area (Å²) in [5.74, 6) is 0.242. The fourth-order valence-corrected chi connectivity index (χ4v) is 1.87. The van der Waals surface area contributed by atoms with Gasteiger partial charge in [0.25, 0.3) is 0 Å². The molecule has 0 radical (unpaired) electrons. The first-order chi connectivity index (χ1) is 8.74. The van der Waals surface area contributed by atoms with Crippen molar-refractivity contribution in [3.63, 3.8) is 0 Å². The number of pyridine rings is 1. The summed E-state index contributed by atoms with van der Waals surface area (Å²) in [5.41, 5.74) is 7.41. The second-order valence-electron chi connectivity index (χ2n) is 4.07. The fraction of sp³-hybridized carbons (Fsp3) is 0.0714. The Balaban J connectivity index is 2.00. The molecule has 1 aromatic carbocycles. The third-order valence-corrected chi connectivity index (χ3v) is 2.82. The Labute approximate surface area is 103 Å². The highest BCUT2D eigenvalue weighted by Crippen LogP contribution is 2.25. The van der Waals surface area contributed by atoms with E-state index in [-0.39, 0.29) is 5.82 Å². The van der Waals surface area contributed by atoms with E-state index in [2.05, 4.69) is 4.98 Å². The van der Waals surface area contributed by atoms with Gasteiger partial charge in [-0.3, -0.25) is 4.98 Å². The van der Waals surface area contributed by atoms with Gasteiger partial charge in [0.1, 0.15) is 23.2 Å². The molecule has 4 heteroatoms. The Bertz CT molecular complexity index is 643. The highest BCUT2D eigenvalue weighted by Gasteiger charge is 2.15. The quantitative estimate of drug-likeness (QED) is 0.751. The number of benzene rings is 1. The Hall–Kier alpha value is -2.20. The van der Waals surface area contributed by atoms with Crippen molar-refractivity contribution in [2.45, 2.75) is 6.04 Å². The van der Waals surface area contributed by atoms with Crippen LogP contribution in [0.15, 0.2) is 53.1 Å². The summed E-state index contributed by atoms with van der Waals surface area (Å²) in [6, 6.07) is 12.0. The van der Waals surface area contributed by atoms with Crippen LogP contribution in [-0.4, -0.2) is 4.98 Å². The minimum Gasteiger partial charge on any atom is -0.459 e. The molecule has 0 aliphatic heterocycles. The maximum absolute atomic E-state index is 12.8. The Kier molecular flexibility index (Phi) is 2.57. The van der Waals surface area contributed by atoms with Crippen molar-refractivity contribution in [2.24, 2.45) is 5.73 Å². The van der Waals surface area contributed by atoms with Gasteiger partial charge in [-0.25, -0.2) is 4.39 Å². The molecule has 2 aromatic heterocycles. The summed E-state index contributed by atoms with van der Waals surface area (Å²) < 4.78 is 18.4. The van der Waals surface area contributed by atoms with Gasteiger partial charge in [-0.15, -0.1) is 0 Å². The maximum atomic E-state index is 12.8. The summed E-state index contributed by atoms with van der Waals surface area (Å²) in [4.78, 5) is 3.96. The standard InChI is InChI=1S/C14H11FN2O/c15-10-5-6-11(17-8-10)14(16)13-7-9-3-1-2-4-12(9)18-13/h1-8,14H,16H2. The van der Waals surface area contributed by atoms with Crippen LogP contribution in [-0.2, 0) is 0 Å². The van der Waals surface area contributed by atoms with Crippen LogP contribution in [0.5, 0.6) is 0 Å². The average Bonchev–Trinajstić information content (AvgIpc) is 2.82. The number of para-hydroxylation sites is 1. The van der Waals surface area contributed by atoms with Crippen molar-refractivity contribution < 1.29 is 8.81 Å². The van der Waals surface area contributed by atoms with Crippen molar-refractivity contribution in [1.82, 2.24) is 4.98 Å². The molecule has 0 amide bonds. The minimum absolute atomic E-state index is 0.379. The molecule has 0 fully saturated rings. The zero-order chi connectivity index (χ0) is 12.5. The lowest BCUT2D eigenvalue weighted by Crippen LogP contribution is -2.12. The number of nitrogens with two attached hydrogens (primary N) is 1. The summed E-state index contributed by atoms with van der Waals surface area (Å²) in [7, 11) is 0. The van der Waals surface area contributed by atoms with E-state index in [1.807, 2.05) is 30.3 Å². The summed E-state index contributed by atoms with van der Waals surface area (Å²) in [5, 5.41) is 0.991. The number of rotatable bonds is 2. The van der Waals surface area contributed by atoms with Crippen LogP contribution < -0.4 is 5.73 Å². The first kappa shape index (κ1) is 10.9. The van der Waals surface area contributed by atoms with E-state index in [0.29, 0.717) is 11.5 Å². The Morgan fingerprint density at radius 2 is 2.00 bits per heavy atom. The number of furan rings is 1. The van der Waals surface area contributed by atoms with Crippen LogP contribution >= 0.6 is 0 Å². The third kappa shape index (κ3) is 1.87. The molecule has 0 saturated heterocycles. The normalized spacial score (nSPS) is 12.8. The molecule has 0 saturated carbocycles. The average molecular weight is 242 g/mol. The van der Waals surface area contributed by atoms with Crippen molar-refractivity contribution in [1.29, 1.82) is 0 Å². The minimum atomic E-state index is -0.488. The van der Waals surface area contributed by atoms with Crippen LogP contribution in [0.25, 0.3) is 11.0 Å². The van der Waals surface area contributed by atoms with Gasteiger partial charge >= 0.3 is 0 Å². The molecule has 3 nitrogen and oxygen atoms in total. The third-order valence-electron chi connectivity index (χ3n) is 2.82. The maximum Gasteiger partial charge on any atom is 0.141 e. The lowest BCUT2D eigenvalue weighted by Gasteiger charge is -2.07. The number of halogens is 1. The van der Waals surface area contributed by atoms with Gasteiger partial charge in [0.2, 0.25) is 0 Å². The van der Waals surface area contributed by atoms with Gasteiger partial charge in [0, 0.05) is 5.39 Å². The highest BCUT2D eigenvalue weighted by molar-refractivity contribution is 5.77. The first-order valence-corrected chi connectivity index (χ1v) is 5.59. The molecular formula is C14H11FN2O. The van der Waals surface area contributed by atoms with Crippen LogP contribution in [0.1, 0.15) is 17.5 Å². The summed E-state index contributed by atoms with van der Waals surface area (Å²) in [6.07, 6.45) is 1.15. The zero-order valence-electron chi connectivity index (χ0n) is 9.51. The van der Waals surface area contributed by atoms with E-state index in [1.165, 1.54) is 6.07 Å². The highest BCUT2D eigenvalue weighted by atomic mass is 19.1. The van der Waals surface area contributed by atoms with Crippen LogP contribution in [0.3, 0.4) is 0 Å². The van der Waals surface area contributed by atoms with Crippen molar-refractivity contribution in [3.05, 3.63) is 65.9 Å². The van der Waals surface area contributed by atoms with Crippen LogP contribution in [0, 0.1) is 5.82 Å². The van der Waals surface area contributed by atoms with Gasteiger partial charge in [-0.2, -0.15) is 0 Å². The lowest BCUT2D eigenvalue weighted by molar-refractivity contribution is 0.519. The molecule has 90 valence electrons. The van der Waals surface area contributed by atoms with Crippen LogP contribution in [0.2, 0.25) is 0 Å². The van der Waals surface area contributed by atoms with E-state index in [0.717, 1.165) is 17.2 Å². The number of fused-ring (bicyclic) bond motifs is 1. The number of nitrogens with zero attached hydrogens (tertiary/aromatic N) is 1. The molecule has 3 aromatic rings. The predicted molar refractivity (Wildman–Crippen MR) is 66.4 cm³/mol. The monoisotopic (exact) mass is 242 g/mol. The van der Waals surface area contributed by atoms with Crippen molar-refractivity contribution >= 4 is 11.0 Å². The van der Waals surface area contributed by atoms with Gasteiger partial charge in [-0.1, -0.05) is 18.2 Å². The van der Waals surface area contributed by atoms with E-state index in [1.54, 1.807) is 6.07 Å². The van der Waals surface area contributed by atoms with Crippen molar-refractivity contribution in [3.8, 4) is 0 Å². The van der Waals surface area contributed by atoms with Gasteiger partial charge in [-0.05, 0) is 24.3 Å². The number of aromatic nitrogens is 1. The largest absolute Gasteiger partial charge is 0.459 e. The second-order valence-corrected chi connectivity index (χ2v) is 4.07. The van der Waals surface area contributed by atoms with Crippen LogP contribution in [0.4, 0.5) is 4.39 Å². The molecule has 3 rings (SSSR count). The first-order valence-electron chi connectivity index (χ1n) is 5.59. The Morgan fingerprint density at radius 3 is 2.72 bits per heavy atom. The zero-order valence-corrected chi connectivity index (χ0v) is 9.51. The van der Waals surface area contributed by atoms with Gasteiger partial charge < -0.3 is 10.2 Å². The topological polar surface area (TPSA) is 52.0 Å². The molecule has 0 spiro atoms. The second kappa shape index (κ2) is 4.23. The molecular weight excluding hydrogens is 231 g/mol. The molecule has 2 N–H and O–H groups in total.